The van der Waals surface area contributed by atoms with Crippen LogP contribution in [0.2, 0.25) is 0 Å². The molecule has 0 amide bonds. The van der Waals surface area contributed by atoms with Gasteiger partial charge >= 0.3 is 0 Å². The molecule has 1 aliphatic carbocycles. The number of nitrogens with one attached hydrogen (secondary N) is 1. The molecular formula is C15H21NO2. The summed E-state index contributed by atoms with van der Waals surface area (Å²) >= 11 is 0. The van der Waals surface area contributed by atoms with Gasteiger partial charge in [-0.1, -0.05) is 6.07 Å². The predicted molar refractivity (Wildman–Crippen MR) is 71.2 cm³/mol. The molecule has 3 heteroatoms. The number of hydrogen-bond acceptors (Lipinski definition) is 3. The molecule has 2 aliphatic rings. The first-order chi connectivity index (χ1) is 8.86. The van der Waals surface area contributed by atoms with Crippen molar-refractivity contribution in [1.82, 2.24) is 5.32 Å². The summed E-state index contributed by atoms with van der Waals surface area (Å²) in [6.45, 7) is 1.51. The van der Waals surface area contributed by atoms with Crippen LogP contribution in [-0.4, -0.2) is 32.4 Å². The number of aryl methyl sites for hydroxylation is 2. The third-order valence-corrected chi connectivity index (χ3v) is 4.03. The molecule has 1 heterocycles. The predicted octanol–water partition coefficient (Wildman–Crippen LogP) is 1.93. The van der Waals surface area contributed by atoms with Crippen molar-refractivity contribution in [3.8, 4) is 5.75 Å². The number of rotatable bonds is 3. The summed E-state index contributed by atoms with van der Waals surface area (Å²) in [5.41, 5.74) is 2.96. The second-order valence-electron chi connectivity index (χ2n) is 5.20. The van der Waals surface area contributed by atoms with E-state index >= 15 is 0 Å². The van der Waals surface area contributed by atoms with Gasteiger partial charge in [0.15, 0.2) is 0 Å². The van der Waals surface area contributed by atoms with Crippen molar-refractivity contribution in [3.63, 3.8) is 0 Å². The summed E-state index contributed by atoms with van der Waals surface area (Å²) in [6.07, 6.45) is 4.85. The summed E-state index contributed by atoms with van der Waals surface area (Å²) in [5, 5.41) is 3.32. The van der Waals surface area contributed by atoms with Crippen molar-refractivity contribution in [2.45, 2.75) is 37.8 Å². The van der Waals surface area contributed by atoms with Gasteiger partial charge in [0.1, 0.15) is 11.9 Å². The zero-order chi connectivity index (χ0) is 12.4. The van der Waals surface area contributed by atoms with Gasteiger partial charge in [0, 0.05) is 12.6 Å². The quantitative estimate of drug-likeness (QED) is 0.885. The number of benzene rings is 1. The highest BCUT2D eigenvalue weighted by molar-refractivity contribution is 5.38. The fourth-order valence-corrected chi connectivity index (χ4v) is 2.95. The van der Waals surface area contributed by atoms with Crippen LogP contribution in [0.5, 0.6) is 5.75 Å². The minimum Gasteiger partial charge on any atom is -0.486 e. The maximum atomic E-state index is 6.10. The van der Waals surface area contributed by atoms with E-state index in [1.807, 2.05) is 7.05 Å². The minimum atomic E-state index is 0.128. The van der Waals surface area contributed by atoms with Crippen LogP contribution in [0.25, 0.3) is 0 Å². The molecule has 1 saturated heterocycles. The normalized spacial score (nSPS) is 26.9. The average molecular weight is 247 g/mol. The van der Waals surface area contributed by atoms with Crippen LogP contribution >= 0.6 is 0 Å². The third-order valence-electron chi connectivity index (χ3n) is 4.03. The maximum absolute atomic E-state index is 6.10. The molecule has 1 fully saturated rings. The van der Waals surface area contributed by atoms with Crippen molar-refractivity contribution in [2.24, 2.45) is 0 Å². The Hall–Kier alpha value is -1.06. The van der Waals surface area contributed by atoms with Gasteiger partial charge in [-0.25, -0.2) is 0 Å². The number of hydrogen-bond donors (Lipinski definition) is 1. The fourth-order valence-electron chi connectivity index (χ4n) is 2.95. The first-order valence-electron chi connectivity index (χ1n) is 6.90. The molecular weight excluding hydrogens is 226 g/mol. The first-order valence-corrected chi connectivity index (χ1v) is 6.90. The Kier molecular flexibility index (Phi) is 3.52. The van der Waals surface area contributed by atoms with Gasteiger partial charge < -0.3 is 14.8 Å². The van der Waals surface area contributed by atoms with E-state index in [9.17, 15) is 0 Å². The van der Waals surface area contributed by atoms with E-state index in [0.717, 1.165) is 18.8 Å². The molecule has 3 nitrogen and oxygen atoms in total. The van der Waals surface area contributed by atoms with Gasteiger partial charge in [0.05, 0.1) is 6.61 Å². The van der Waals surface area contributed by atoms with Gasteiger partial charge in [-0.3, -0.25) is 0 Å². The monoisotopic (exact) mass is 247 g/mol. The average Bonchev–Trinajstić information content (AvgIpc) is 2.87. The highest BCUT2D eigenvalue weighted by Gasteiger charge is 2.26. The Morgan fingerprint density at radius 2 is 2.17 bits per heavy atom. The van der Waals surface area contributed by atoms with Gasteiger partial charge in [0.25, 0.3) is 0 Å². The van der Waals surface area contributed by atoms with Crippen LogP contribution in [0.3, 0.4) is 0 Å². The van der Waals surface area contributed by atoms with Crippen molar-refractivity contribution in [3.05, 3.63) is 29.3 Å². The standard InChI is InChI=1S/C15H21NO2/c1-16-14-7-8-17-10-15(14)18-13-6-5-11-3-2-4-12(11)9-13/h5-6,9,14-16H,2-4,7-8,10H2,1H3. The molecule has 0 radical (unpaired) electrons. The van der Waals surface area contributed by atoms with E-state index in [1.54, 1.807) is 0 Å². The lowest BCUT2D eigenvalue weighted by Gasteiger charge is -2.31. The second-order valence-corrected chi connectivity index (χ2v) is 5.20. The molecule has 1 aromatic carbocycles. The number of likely N-dealkylation sites (N-methyl/N-ethyl adjacent to an activating group) is 1. The molecule has 2 atom stereocenters. The smallest absolute Gasteiger partial charge is 0.137 e. The van der Waals surface area contributed by atoms with Crippen molar-refractivity contribution in [1.29, 1.82) is 0 Å². The molecule has 0 saturated carbocycles. The zero-order valence-electron chi connectivity index (χ0n) is 10.9. The van der Waals surface area contributed by atoms with Crippen LogP contribution in [-0.2, 0) is 17.6 Å². The molecule has 0 bridgehead atoms. The van der Waals surface area contributed by atoms with Crippen molar-refractivity contribution < 1.29 is 9.47 Å². The lowest BCUT2D eigenvalue weighted by atomic mass is 10.1. The number of fused-ring (bicyclic) bond motifs is 1. The molecule has 98 valence electrons. The van der Waals surface area contributed by atoms with Gasteiger partial charge in [-0.2, -0.15) is 0 Å². The topological polar surface area (TPSA) is 30.5 Å². The molecule has 0 aromatic heterocycles. The fraction of sp³-hybridized carbons (Fsp3) is 0.600. The Morgan fingerprint density at radius 1 is 1.28 bits per heavy atom. The van der Waals surface area contributed by atoms with Crippen LogP contribution in [0, 0.1) is 0 Å². The zero-order valence-corrected chi connectivity index (χ0v) is 10.9. The van der Waals surface area contributed by atoms with E-state index in [2.05, 4.69) is 23.5 Å². The van der Waals surface area contributed by atoms with Crippen LogP contribution in [0.1, 0.15) is 24.0 Å². The SMILES string of the molecule is CNC1CCOCC1Oc1ccc2c(c1)CCC2. The maximum Gasteiger partial charge on any atom is 0.137 e. The molecule has 18 heavy (non-hydrogen) atoms. The Bertz CT molecular complexity index is 419. The highest BCUT2D eigenvalue weighted by atomic mass is 16.5. The van der Waals surface area contributed by atoms with E-state index in [-0.39, 0.29) is 6.10 Å². The highest BCUT2D eigenvalue weighted by Crippen LogP contribution is 2.27. The molecule has 2 unspecified atom stereocenters. The van der Waals surface area contributed by atoms with Crippen molar-refractivity contribution in [2.75, 3.05) is 20.3 Å². The van der Waals surface area contributed by atoms with E-state index in [0.29, 0.717) is 12.6 Å². The minimum absolute atomic E-state index is 0.128. The molecule has 1 aliphatic heterocycles. The summed E-state index contributed by atoms with van der Waals surface area (Å²) in [7, 11) is 2.00. The van der Waals surface area contributed by atoms with E-state index < -0.39 is 0 Å². The molecule has 1 N–H and O–H groups in total. The van der Waals surface area contributed by atoms with Gasteiger partial charge in [0.2, 0.25) is 0 Å². The largest absolute Gasteiger partial charge is 0.486 e. The third kappa shape index (κ3) is 2.38. The Balaban J connectivity index is 1.71. The lowest BCUT2D eigenvalue weighted by Crippen LogP contribution is -2.48. The Labute approximate surface area is 108 Å². The van der Waals surface area contributed by atoms with Crippen LogP contribution in [0.15, 0.2) is 18.2 Å². The van der Waals surface area contributed by atoms with Crippen molar-refractivity contribution >= 4 is 0 Å². The molecule has 3 rings (SSSR count). The van der Waals surface area contributed by atoms with E-state index in [4.69, 9.17) is 9.47 Å². The summed E-state index contributed by atoms with van der Waals surface area (Å²) in [5.74, 6) is 0.992. The first kappa shape index (κ1) is 12.0. The summed E-state index contributed by atoms with van der Waals surface area (Å²) in [6, 6.07) is 6.93. The Morgan fingerprint density at radius 3 is 3.06 bits per heavy atom. The summed E-state index contributed by atoms with van der Waals surface area (Å²) < 4.78 is 11.6. The van der Waals surface area contributed by atoms with Crippen LogP contribution in [0.4, 0.5) is 0 Å². The summed E-state index contributed by atoms with van der Waals surface area (Å²) in [4.78, 5) is 0. The van der Waals surface area contributed by atoms with Gasteiger partial charge in [-0.05, 0) is 56.0 Å². The molecule has 0 spiro atoms. The number of ether oxygens (including phenoxy) is 2. The lowest BCUT2D eigenvalue weighted by molar-refractivity contribution is -0.0129. The second kappa shape index (κ2) is 5.29. The van der Waals surface area contributed by atoms with Crippen LogP contribution < -0.4 is 10.1 Å². The van der Waals surface area contributed by atoms with E-state index in [1.165, 1.54) is 30.4 Å². The van der Waals surface area contributed by atoms with Gasteiger partial charge in [-0.15, -0.1) is 0 Å². The molecule has 1 aromatic rings.